The SMILES string of the molecule is COC1C(O)=C2C(=O)O/C(C)=C/C=C/C=C/C=CCC(c3ccccc3)NC(=O)C=CC=CC=CC=CC2(C)C1O. The van der Waals surface area contributed by atoms with E-state index in [-0.39, 0.29) is 23.3 Å². The van der Waals surface area contributed by atoms with Crippen LogP contribution in [0.15, 0.2) is 139 Å². The molecule has 1 aliphatic heterocycles. The third-order valence-electron chi connectivity index (χ3n) is 6.72. The van der Waals surface area contributed by atoms with Gasteiger partial charge in [0.05, 0.1) is 17.0 Å². The lowest BCUT2D eigenvalue weighted by Crippen LogP contribution is -2.37. The molecule has 0 saturated carbocycles. The standard InChI is InChI=1S/C34H37NO6/c1-25-19-13-8-4-5-9-16-22-27(26-20-14-12-15-21-26)35-28(36)23-17-10-6-7-11-18-24-34(2)29(33(39)41-25)30(37)31(40-3)32(34)38/h4-21,23-24,27,31-32,37-38H,22H2,1-3H3,(H,35,36)/b5-4+,10-6?,11-7?,13-8+,16-9?,23-17?,24-18?,25-19+. The fourth-order valence-corrected chi connectivity index (χ4v) is 4.52. The van der Waals surface area contributed by atoms with Crippen LogP contribution in [0.25, 0.3) is 0 Å². The quantitative estimate of drug-likeness (QED) is 0.399. The lowest BCUT2D eigenvalue weighted by Gasteiger charge is -2.28. The Balaban J connectivity index is 1.88. The fraction of sp³-hybridized carbons (Fsp3) is 0.235. The summed E-state index contributed by atoms with van der Waals surface area (Å²) < 4.78 is 10.7. The number of hydrogen-bond donors (Lipinski definition) is 3. The van der Waals surface area contributed by atoms with Gasteiger partial charge in [0.25, 0.3) is 0 Å². The Hall–Kier alpha value is -4.46. The van der Waals surface area contributed by atoms with Crippen molar-refractivity contribution in [3.63, 3.8) is 0 Å². The largest absolute Gasteiger partial charge is 0.509 e. The third-order valence-corrected chi connectivity index (χ3v) is 6.72. The van der Waals surface area contributed by atoms with Crippen molar-refractivity contribution >= 4 is 11.9 Å². The zero-order valence-electron chi connectivity index (χ0n) is 23.5. The second-order valence-electron chi connectivity index (χ2n) is 9.70. The van der Waals surface area contributed by atoms with Gasteiger partial charge in [0.15, 0.2) is 0 Å². The maximum atomic E-state index is 13.1. The molecule has 0 bridgehead atoms. The first-order valence-corrected chi connectivity index (χ1v) is 13.4. The smallest absolute Gasteiger partial charge is 0.343 e. The molecule has 0 saturated heterocycles. The van der Waals surface area contributed by atoms with Crippen molar-refractivity contribution in [1.29, 1.82) is 0 Å². The van der Waals surface area contributed by atoms with Crippen LogP contribution in [0.4, 0.5) is 0 Å². The van der Waals surface area contributed by atoms with Gasteiger partial charge in [0.2, 0.25) is 5.91 Å². The summed E-state index contributed by atoms with van der Waals surface area (Å²) in [5.41, 5.74) is -0.327. The topological polar surface area (TPSA) is 105 Å². The number of esters is 1. The molecule has 41 heavy (non-hydrogen) atoms. The monoisotopic (exact) mass is 555 g/mol. The highest BCUT2D eigenvalue weighted by atomic mass is 16.5. The number of cyclic esters (lactones) is 1. The number of carbonyl (C=O) groups is 2. The fourth-order valence-electron chi connectivity index (χ4n) is 4.52. The number of methoxy groups -OCH3 is 1. The number of amides is 1. The Labute approximate surface area is 241 Å². The normalized spacial score (nSPS) is 29.2. The average Bonchev–Trinajstić information content (AvgIpc) is 3.14. The van der Waals surface area contributed by atoms with Crippen LogP contribution in [-0.2, 0) is 19.1 Å². The molecule has 214 valence electrons. The van der Waals surface area contributed by atoms with Gasteiger partial charge in [-0.1, -0.05) is 109 Å². The summed E-state index contributed by atoms with van der Waals surface area (Å²) in [6.07, 6.45) is 24.3. The number of rotatable bonds is 2. The highest BCUT2D eigenvalue weighted by Gasteiger charge is 2.53. The number of carbonyl (C=O) groups excluding carboxylic acids is 2. The maximum absolute atomic E-state index is 13.1. The molecule has 0 aromatic heterocycles. The lowest BCUT2D eigenvalue weighted by atomic mass is 9.80. The van der Waals surface area contributed by atoms with Gasteiger partial charge in [-0.05, 0) is 31.9 Å². The molecule has 3 rings (SSSR count). The highest BCUT2D eigenvalue weighted by molar-refractivity contribution is 5.93. The van der Waals surface area contributed by atoms with Gasteiger partial charge in [0, 0.05) is 13.2 Å². The van der Waals surface area contributed by atoms with E-state index >= 15 is 0 Å². The van der Waals surface area contributed by atoms with Gasteiger partial charge < -0.3 is 25.0 Å². The van der Waals surface area contributed by atoms with Crippen LogP contribution >= 0.6 is 0 Å². The Morgan fingerprint density at radius 1 is 0.927 bits per heavy atom. The van der Waals surface area contributed by atoms with Gasteiger partial charge >= 0.3 is 5.97 Å². The summed E-state index contributed by atoms with van der Waals surface area (Å²) >= 11 is 0. The second kappa shape index (κ2) is 15.4. The van der Waals surface area contributed by atoms with E-state index in [2.05, 4.69) is 5.32 Å². The van der Waals surface area contributed by atoms with Crippen LogP contribution in [0.5, 0.6) is 0 Å². The minimum atomic E-state index is -1.26. The summed E-state index contributed by atoms with van der Waals surface area (Å²) in [6.45, 7) is 3.26. The molecule has 0 spiro atoms. The Morgan fingerprint density at radius 2 is 1.56 bits per heavy atom. The van der Waals surface area contributed by atoms with Gasteiger partial charge in [-0.3, -0.25) is 4.79 Å². The molecule has 3 N–H and O–H groups in total. The van der Waals surface area contributed by atoms with Crippen molar-refractivity contribution in [3.05, 3.63) is 144 Å². The van der Waals surface area contributed by atoms with Gasteiger partial charge in [0.1, 0.15) is 23.7 Å². The van der Waals surface area contributed by atoms with E-state index in [1.165, 1.54) is 13.2 Å². The summed E-state index contributed by atoms with van der Waals surface area (Å²) in [5.74, 6) is -1.04. The Morgan fingerprint density at radius 3 is 2.27 bits per heavy atom. The zero-order chi connectivity index (χ0) is 29.7. The van der Waals surface area contributed by atoms with E-state index < -0.39 is 23.6 Å². The molecule has 0 fully saturated rings. The molecule has 1 heterocycles. The molecule has 1 aromatic carbocycles. The van der Waals surface area contributed by atoms with Crippen molar-refractivity contribution in [2.24, 2.45) is 5.41 Å². The average molecular weight is 556 g/mol. The van der Waals surface area contributed by atoms with Crippen molar-refractivity contribution in [3.8, 4) is 0 Å². The highest BCUT2D eigenvalue weighted by Crippen LogP contribution is 2.45. The summed E-state index contributed by atoms with van der Waals surface area (Å²) in [6, 6.07) is 9.60. The van der Waals surface area contributed by atoms with Crippen LogP contribution in [0, 0.1) is 5.41 Å². The first kappa shape index (κ1) is 31.1. The minimum absolute atomic E-state index is 0.0731. The summed E-state index contributed by atoms with van der Waals surface area (Å²) in [7, 11) is 1.35. The Bertz CT molecular complexity index is 1340. The number of fused-ring (bicyclic) bond motifs is 1. The first-order valence-electron chi connectivity index (χ1n) is 13.4. The van der Waals surface area contributed by atoms with E-state index in [1.54, 1.807) is 74.6 Å². The molecule has 7 heteroatoms. The van der Waals surface area contributed by atoms with Gasteiger partial charge in [-0.15, -0.1) is 0 Å². The molecule has 7 nitrogen and oxygen atoms in total. The molecular weight excluding hydrogens is 518 g/mol. The summed E-state index contributed by atoms with van der Waals surface area (Å²) in [4.78, 5) is 25.7. The predicted molar refractivity (Wildman–Crippen MR) is 160 cm³/mol. The zero-order valence-corrected chi connectivity index (χ0v) is 23.5. The number of aliphatic hydroxyl groups excluding tert-OH is 2. The van der Waals surface area contributed by atoms with E-state index in [1.807, 2.05) is 54.6 Å². The number of allylic oxidation sites excluding steroid dienone is 13. The summed E-state index contributed by atoms with van der Waals surface area (Å²) in [5, 5.41) is 24.7. The van der Waals surface area contributed by atoms with Crippen LogP contribution in [0.2, 0.25) is 0 Å². The minimum Gasteiger partial charge on any atom is -0.509 e. The van der Waals surface area contributed by atoms with Crippen LogP contribution in [0.1, 0.15) is 31.9 Å². The maximum Gasteiger partial charge on any atom is 0.343 e. The number of ether oxygens (including phenoxy) is 2. The van der Waals surface area contributed by atoms with Crippen molar-refractivity contribution in [1.82, 2.24) is 5.32 Å². The van der Waals surface area contributed by atoms with Crippen LogP contribution in [-0.4, -0.2) is 41.4 Å². The molecule has 1 aliphatic carbocycles. The number of hydrogen-bond acceptors (Lipinski definition) is 6. The second-order valence-corrected chi connectivity index (χ2v) is 9.70. The van der Waals surface area contributed by atoms with E-state index in [0.29, 0.717) is 12.2 Å². The van der Waals surface area contributed by atoms with Crippen molar-refractivity contribution in [2.75, 3.05) is 7.11 Å². The van der Waals surface area contributed by atoms with Crippen molar-refractivity contribution in [2.45, 2.75) is 38.5 Å². The molecular formula is C34H37NO6. The number of nitrogens with one attached hydrogen (secondary N) is 1. The van der Waals surface area contributed by atoms with E-state index in [0.717, 1.165) is 5.56 Å². The first-order chi connectivity index (χ1) is 19.8. The van der Waals surface area contributed by atoms with E-state index in [9.17, 15) is 19.8 Å². The van der Waals surface area contributed by atoms with Gasteiger partial charge in [-0.2, -0.15) is 0 Å². The number of aliphatic hydroxyl groups is 2. The molecule has 1 amide bonds. The van der Waals surface area contributed by atoms with Gasteiger partial charge in [-0.25, -0.2) is 4.79 Å². The molecule has 0 radical (unpaired) electrons. The van der Waals surface area contributed by atoms with Crippen molar-refractivity contribution < 1.29 is 29.3 Å². The van der Waals surface area contributed by atoms with E-state index in [4.69, 9.17) is 9.47 Å². The third kappa shape index (κ3) is 8.51. The lowest BCUT2D eigenvalue weighted by molar-refractivity contribution is -0.136. The van der Waals surface area contributed by atoms with Crippen LogP contribution in [0.3, 0.4) is 0 Å². The molecule has 1 aromatic rings. The number of benzene rings is 1. The molecule has 4 atom stereocenters. The predicted octanol–water partition coefficient (Wildman–Crippen LogP) is 5.80. The molecule has 2 aliphatic rings. The Kier molecular flexibility index (Phi) is 11.6. The van der Waals surface area contributed by atoms with Crippen LogP contribution < -0.4 is 5.32 Å². The molecule has 4 unspecified atom stereocenters.